The molecule has 1 unspecified atom stereocenters. The number of nitrogens with zero attached hydrogens (tertiary/aromatic N) is 3. The molecule has 0 aliphatic heterocycles. The van der Waals surface area contributed by atoms with Crippen LogP contribution in [-0.4, -0.2) is 39.4 Å². The molecule has 0 aliphatic rings. The van der Waals surface area contributed by atoms with Crippen LogP contribution < -0.4 is 10.0 Å². The number of hydrogen-bond acceptors (Lipinski definition) is 5. The van der Waals surface area contributed by atoms with E-state index in [1.54, 1.807) is 17.0 Å². The topological polar surface area (TPSA) is 108 Å². The minimum Gasteiger partial charge on any atom is -0.310 e. The Labute approximate surface area is 178 Å². The molecule has 0 aliphatic carbocycles. The first kappa shape index (κ1) is 23.5. The summed E-state index contributed by atoms with van der Waals surface area (Å²) in [4.78, 5) is 16.7. The minimum atomic E-state index is -3.74. The molecule has 0 fully saturated rings. The normalized spacial score (nSPS) is 12.4. The molecule has 0 saturated carbocycles. The highest BCUT2D eigenvalue weighted by Crippen LogP contribution is 2.25. The second-order valence-corrected chi connectivity index (χ2v) is 8.94. The molecule has 2 aromatic rings. The van der Waals surface area contributed by atoms with Crippen LogP contribution in [0.1, 0.15) is 36.1 Å². The van der Waals surface area contributed by atoms with E-state index in [0.717, 1.165) is 22.4 Å². The molecular weight excluding hydrogens is 400 g/mol. The molecule has 1 amide bonds. The molecule has 0 heterocycles. The molecule has 7 nitrogen and oxygen atoms in total. The average Bonchev–Trinajstić information content (AvgIpc) is 2.70. The lowest BCUT2D eigenvalue weighted by Crippen LogP contribution is -2.40. The predicted molar refractivity (Wildman–Crippen MR) is 117 cm³/mol. The van der Waals surface area contributed by atoms with E-state index in [1.807, 2.05) is 50.9 Å². The second-order valence-electron chi connectivity index (χ2n) is 7.38. The van der Waals surface area contributed by atoms with Crippen LogP contribution in [-0.2, 0) is 14.8 Å². The summed E-state index contributed by atoms with van der Waals surface area (Å²) >= 11 is 0. The summed E-state index contributed by atoms with van der Waals surface area (Å²) in [5.41, 5.74) is 3.78. The SMILES string of the molecule is Cc1cccc(N(CCC#N)C(=O)CN(C)C(C)c2ccc(S(N)(=O)=O)cc2)c1C. The molecule has 2 N–H and O–H groups in total. The van der Waals surface area contributed by atoms with Gasteiger partial charge in [0, 0.05) is 18.3 Å². The molecule has 0 aromatic heterocycles. The van der Waals surface area contributed by atoms with Crippen LogP contribution in [0.4, 0.5) is 5.69 Å². The van der Waals surface area contributed by atoms with E-state index in [9.17, 15) is 13.2 Å². The van der Waals surface area contributed by atoms with E-state index < -0.39 is 10.0 Å². The zero-order valence-electron chi connectivity index (χ0n) is 17.8. The Hall–Kier alpha value is -2.73. The van der Waals surface area contributed by atoms with Crippen LogP contribution in [0.2, 0.25) is 0 Å². The van der Waals surface area contributed by atoms with E-state index in [-0.39, 0.29) is 29.8 Å². The molecule has 160 valence electrons. The number of aryl methyl sites for hydroxylation is 1. The van der Waals surface area contributed by atoms with E-state index in [0.29, 0.717) is 6.54 Å². The fourth-order valence-corrected chi connectivity index (χ4v) is 3.71. The van der Waals surface area contributed by atoms with Gasteiger partial charge in [0.15, 0.2) is 0 Å². The number of sulfonamides is 1. The number of nitrogens with two attached hydrogens (primary N) is 1. The van der Waals surface area contributed by atoms with Crippen molar-refractivity contribution in [2.75, 3.05) is 25.0 Å². The lowest BCUT2D eigenvalue weighted by molar-refractivity contribution is -0.119. The van der Waals surface area contributed by atoms with Gasteiger partial charge in [-0.2, -0.15) is 5.26 Å². The highest BCUT2D eigenvalue weighted by atomic mass is 32.2. The summed E-state index contributed by atoms with van der Waals surface area (Å²) in [6.07, 6.45) is 0.243. The first-order valence-corrected chi connectivity index (χ1v) is 11.2. The standard InChI is InChI=1S/C22H28N4O3S/c1-16-7-5-8-21(17(16)2)26(14-6-13-23)22(27)15-25(4)18(3)19-9-11-20(12-10-19)30(24,28)29/h5,7-12,18H,6,14-15H2,1-4H3,(H2,24,28,29). The maximum atomic E-state index is 13.1. The summed E-state index contributed by atoms with van der Waals surface area (Å²) in [7, 11) is -1.91. The summed E-state index contributed by atoms with van der Waals surface area (Å²) in [6.45, 7) is 6.38. The Bertz CT molecular complexity index is 1040. The zero-order chi connectivity index (χ0) is 22.5. The first-order valence-electron chi connectivity index (χ1n) is 9.62. The van der Waals surface area contributed by atoms with E-state index in [4.69, 9.17) is 10.4 Å². The maximum Gasteiger partial charge on any atom is 0.241 e. The third-order valence-electron chi connectivity index (χ3n) is 5.35. The van der Waals surface area contributed by atoms with Crippen molar-refractivity contribution in [2.24, 2.45) is 5.14 Å². The lowest BCUT2D eigenvalue weighted by Gasteiger charge is -2.29. The van der Waals surface area contributed by atoms with E-state index in [2.05, 4.69) is 6.07 Å². The van der Waals surface area contributed by atoms with Crippen molar-refractivity contribution in [2.45, 2.75) is 38.1 Å². The third-order valence-corrected chi connectivity index (χ3v) is 6.28. The van der Waals surface area contributed by atoms with Gasteiger partial charge in [-0.25, -0.2) is 13.6 Å². The van der Waals surface area contributed by atoms with Crippen molar-refractivity contribution in [1.82, 2.24) is 4.90 Å². The number of anilines is 1. The Morgan fingerprint density at radius 3 is 2.37 bits per heavy atom. The number of amides is 1. The molecule has 0 bridgehead atoms. The van der Waals surface area contributed by atoms with Gasteiger partial charge in [-0.05, 0) is 62.7 Å². The van der Waals surface area contributed by atoms with Gasteiger partial charge >= 0.3 is 0 Å². The number of nitriles is 1. The number of primary sulfonamides is 1. The summed E-state index contributed by atoms with van der Waals surface area (Å²) in [6, 6.07) is 14.1. The van der Waals surface area contributed by atoms with Gasteiger partial charge < -0.3 is 4.90 Å². The Balaban J connectivity index is 2.19. The summed E-state index contributed by atoms with van der Waals surface area (Å²) < 4.78 is 22.9. The lowest BCUT2D eigenvalue weighted by atomic mass is 10.1. The van der Waals surface area contributed by atoms with Crippen LogP contribution in [0, 0.1) is 25.2 Å². The minimum absolute atomic E-state index is 0.0507. The summed E-state index contributed by atoms with van der Waals surface area (Å²) in [5.74, 6) is -0.102. The first-order chi connectivity index (χ1) is 14.1. The Morgan fingerprint density at radius 1 is 1.17 bits per heavy atom. The van der Waals surface area contributed by atoms with Crippen LogP contribution in [0.25, 0.3) is 0 Å². The largest absolute Gasteiger partial charge is 0.310 e. The Kier molecular flexibility index (Phi) is 7.73. The quantitative estimate of drug-likeness (QED) is 0.696. The maximum absolute atomic E-state index is 13.1. The monoisotopic (exact) mass is 428 g/mol. The fraction of sp³-hybridized carbons (Fsp3) is 0.364. The van der Waals surface area contributed by atoms with Crippen molar-refractivity contribution in [3.63, 3.8) is 0 Å². The van der Waals surface area contributed by atoms with Crippen molar-refractivity contribution >= 4 is 21.6 Å². The molecule has 0 radical (unpaired) electrons. The van der Waals surface area contributed by atoms with Gasteiger partial charge in [-0.3, -0.25) is 9.69 Å². The summed E-state index contributed by atoms with van der Waals surface area (Å²) in [5, 5.41) is 14.2. The molecule has 0 spiro atoms. The van der Waals surface area contributed by atoms with Crippen molar-refractivity contribution in [3.8, 4) is 6.07 Å². The number of carbonyl (C=O) groups is 1. The average molecular weight is 429 g/mol. The zero-order valence-corrected chi connectivity index (χ0v) is 18.6. The molecule has 30 heavy (non-hydrogen) atoms. The van der Waals surface area contributed by atoms with Gasteiger partial charge in [-0.1, -0.05) is 24.3 Å². The molecule has 2 rings (SSSR count). The third kappa shape index (κ3) is 5.66. The molecule has 8 heteroatoms. The highest BCUT2D eigenvalue weighted by molar-refractivity contribution is 7.89. The van der Waals surface area contributed by atoms with Crippen molar-refractivity contribution in [3.05, 3.63) is 59.2 Å². The molecule has 0 saturated heterocycles. The number of rotatable bonds is 8. The molecule has 2 aromatic carbocycles. The highest BCUT2D eigenvalue weighted by Gasteiger charge is 2.22. The number of likely N-dealkylation sites (N-methyl/N-ethyl adjacent to an activating group) is 1. The van der Waals surface area contributed by atoms with Gasteiger partial charge in [0.25, 0.3) is 0 Å². The van der Waals surface area contributed by atoms with Crippen molar-refractivity contribution < 1.29 is 13.2 Å². The number of carbonyl (C=O) groups excluding carboxylic acids is 1. The van der Waals surface area contributed by atoms with Crippen LogP contribution in [0.15, 0.2) is 47.4 Å². The van der Waals surface area contributed by atoms with Gasteiger partial charge in [0.2, 0.25) is 15.9 Å². The fourth-order valence-electron chi connectivity index (χ4n) is 3.20. The van der Waals surface area contributed by atoms with E-state index in [1.165, 1.54) is 12.1 Å². The number of benzene rings is 2. The number of hydrogen-bond donors (Lipinski definition) is 1. The van der Waals surface area contributed by atoms with E-state index >= 15 is 0 Å². The Morgan fingerprint density at radius 2 is 1.80 bits per heavy atom. The van der Waals surface area contributed by atoms with Crippen molar-refractivity contribution in [1.29, 1.82) is 5.26 Å². The van der Waals surface area contributed by atoms with Gasteiger partial charge in [0.05, 0.1) is 23.9 Å². The second kappa shape index (κ2) is 9.85. The van der Waals surface area contributed by atoms with Crippen LogP contribution in [0.3, 0.4) is 0 Å². The smallest absolute Gasteiger partial charge is 0.241 e. The molecular formula is C22H28N4O3S. The van der Waals surface area contributed by atoms with Crippen LogP contribution >= 0.6 is 0 Å². The van der Waals surface area contributed by atoms with Gasteiger partial charge in [0.1, 0.15) is 0 Å². The van der Waals surface area contributed by atoms with Crippen LogP contribution in [0.5, 0.6) is 0 Å². The molecule has 1 atom stereocenters. The predicted octanol–water partition coefficient (Wildman–Crippen LogP) is 2.89. The van der Waals surface area contributed by atoms with Gasteiger partial charge in [-0.15, -0.1) is 0 Å².